The smallest absolute Gasteiger partial charge is 0.407 e. The van der Waals surface area contributed by atoms with Gasteiger partial charge in [0, 0.05) is 5.92 Å². The van der Waals surface area contributed by atoms with Crippen molar-refractivity contribution in [3.05, 3.63) is 95.6 Å². The van der Waals surface area contributed by atoms with Crippen LogP contribution in [-0.4, -0.2) is 47.9 Å². The van der Waals surface area contributed by atoms with Crippen LogP contribution in [-0.2, 0) is 25.7 Å². The molecule has 0 aromatic heterocycles. The number of alkyl carbamates (subject to hydrolysis) is 1. The summed E-state index contributed by atoms with van der Waals surface area (Å²) in [5, 5.41) is 14.8. The molecule has 0 saturated carbocycles. The Bertz CT molecular complexity index is 1230. The second-order valence-electron chi connectivity index (χ2n) is 9.26. The minimum atomic E-state index is -1.29. The van der Waals surface area contributed by atoms with Gasteiger partial charge < -0.3 is 25.2 Å². The van der Waals surface area contributed by atoms with Crippen molar-refractivity contribution in [3.63, 3.8) is 0 Å². The fourth-order valence-electron chi connectivity index (χ4n) is 4.67. The summed E-state index contributed by atoms with van der Waals surface area (Å²) >= 11 is 0. The molecule has 3 aromatic rings. The molecule has 0 saturated heterocycles. The van der Waals surface area contributed by atoms with Crippen molar-refractivity contribution in [2.24, 2.45) is 0 Å². The highest BCUT2D eigenvalue weighted by Crippen LogP contribution is 2.44. The molecule has 38 heavy (non-hydrogen) atoms. The molecule has 3 atom stereocenters. The zero-order valence-electron chi connectivity index (χ0n) is 21.4. The van der Waals surface area contributed by atoms with E-state index in [9.17, 15) is 19.5 Å². The summed E-state index contributed by atoms with van der Waals surface area (Å²) in [6.07, 6.45) is -1.29. The van der Waals surface area contributed by atoms with Crippen molar-refractivity contribution in [1.29, 1.82) is 0 Å². The van der Waals surface area contributed by atoms with Gasteiger partial charge in [0.1, 0.15) is 12.6 Å². The molecule has 1 aliphatic rings. The van der Waals surface area contributed by atoms with E-state index in [-0.39, 0.29) is 25.6 Å². The molecule has 4 rings (SSSR count). The SMILES string of the molecule is CC[C@H](NC(=O)OCC1c2ccccc2-c2ccccc21)C(=O)NC(C(=O)O)C(C)OCc1ccccc1. The van der Waals surface area contributed by atoms with E-state index in [1.807, 2.05) is 66.7 Å². The van der Waals surface area contributed by atoms with Gasteiger partial charge in [0.15, 0.2) is 6.04 Å². The van der Waals surface area contributed by atoms with Gasteiger partial charge in [0.25, 0.3) is 0 Å². The van der Waals surface area contributed by atoms with Crippen molar-refractivity contribution in [2.45, 2.75) is 51.0 Å². The number of carbonyl (C=O) groups is 3. The number of hydrogen-bond donors (Lipinski definition) is 3. The average Bonchev–Trinajstić information content (AvgIpc) is 3.26. The summed E-state index contributed by atoms with van der Waals surface area (Å²) in [5.41, 5.74) is 5.29. The number of nitrogens with one attached hydrogen (secondary N) is 2. The monoisotopic (exact) mass is 516 g/mol. The molecule has 198 valence electrons. The molecule has 0 bridgehead atoms. The molecule has 0 fully saturated rings. The second-order valence-corrected chi connectivity index (χ2v) is 9.26. The number of aliphatic carboxylic acids is 1. The van der Waals surface area contributed by atoms with Gasteiger partial charge in [-0.3, -0.25) is 4.79 Å². The maximum Gasteiger partial charge on any atom is 0.407 e. The molecule has 0 heterocycles. The normalized spacial score (nSPS) is 14.5. The van der Waals surface area contributed by atoms with E-state index in [1.54, 1.807) is 13.8 Å². The van der Waals surface area contributed by atoms with Crippen molar-refractivity contribution < 1.29 is 29.0 Å². The van der Waals surface area contributed by atoms with Crippen LogP contribution in [0.25, 0.3) is 11.1 Å². The first-order valence-corrected chi connectivity index (χ1v) is 12.7. The summed E-state index contributed by atoms with van der Waals surface area (Å²) in [7, 11) is 0. The Hall–Kier alpha value is -4.17. The van der Waals surface area contributed by atoms with Crippen LogP contribution in [0.2, 0.25) is 0 Å². The first-order valence-electron chi connectivity index (χ1n) is 12.7. The lowest BCUT2D eigenvalue weighted by molar-refractivity contribution is -0.146. The molecular formula is C30H32N2O6. The lowest BCUT2D eigenvalue weighted by Gasteiger charge is -2.25. The van der Waals surface area contributed by atoms with E-state index in [2.05, 4.69) is 22.8 Å². The van der Waals surface area contributed by atoms with Crippen LogP contribution < -0.4 is 10.6 Å². The molecule has 3 N–H and O–H groups in total. The van der Waals surface area contributed by atoms with Gasteiger partial charge in [-0.1, -0.05) is 85.8 Å². The number of carboxylic acid groups (broad SMARTS) is 1. The van der Waals surface area contributed by atoms with Crippen molar-refractivity contribution in [2.75, 3.05) is 6.61 Å². The molecule has 0 aliphatic heterocycles. The van der Waals surface area contributed by atoms with Gasteiger partial charge in [-0.05, 0) is 41.2 Å². The third kappa shape index (κ3) is 6.20. The van der Waals surface area contributed by atoms with Crippen LogP contribution in [0.1, 0.15) is 42.9 Å². The summed E-state index contributed by atoms with van der Waals surface area (Å²) in [4.78, 5) is 37.4. The highest BCUT2D eigenvalue weighted by atomic mass is 16.5. The summed E-state index contributed by atoms with van der Waals surface area (Å²) in [6, 6.07) is 23.1. The Labute approximate surface area is 222 Å². The molecule has 2 amide bonds. The number of ether oxygens (including phenoxy) is 2. The topological polar surface area (TPSA) is 114 Å². The number of benzene rings is 3. The van der Waals surface area contributed by atoms with Crippen LogP contribution in [0.15, 0.2) is 78.9 Å². The van der Waals surface area contributed by atoms with E-state index in [0.717, 1.165) is 27.8 Å². The minimum absolute atomic E-state index is 0.110. The molecule has 0 radical (unpaired) electrons. The van der Waals surface area contributed by atoms with Crippen molar-refractivity contribution in [1.82, 2.24) is 10.6 Å². The average molecular weight is 517 g/mol. The Balaban J connectivity index is 1.33. The lowest BCUT2D eigenvalue weighted by atomic mass is 9.98. The summed E-state index contributed by atoms with van der Waals surface area (Å²) in [5.74, 6) is -1.96. The van der Waals surface area contributed by atoms with E-state index < -0.39 is 36.2 Å². The predicted molar refractivity (Wildman–Crippen MR) is 143 cm³/mol. The number of hydrogen-bond acceptors (Lipinski definition) is 5. The van der Waals surface area contributed by atoms with Gasteiger partial charge in [0.05, 0.1) is 12.7 Å². The molecule has 2 unspecified atom stereocenters. The number of carboxylic acids is 1. The number of carbonyl (C=O) groups excluding carboxylic acids is 2. The largest absolute Gasteiger partial charge is 0.480 e. The van der Waals surface area contributed by atoms with Gasteiger partial charge >= 0.3 is 12.1 Å². The Morgan fingerprint density at radius 1 is 0.868 bits per heavy atom. The van der Waals surface area contributed by atoms with Gasteiger partial charge in [-0.25, -0.2) is 9.59 Å². The minimum Gasteiger partial charge on any atom is -0.480 e. The van der Waals surface area contributed by atoms with E-state index in [1.165, 1.54) is 0 Å². The van der Waals surface area contributed by atoms with Crippen LogP contribution in [0, 0.1) is 0 Å². The summed E-state index contributed by atoms with van der Waals surface area (Å²) in [6.45, 7) is 3.62. The van der Waals surface area contributed by atoms with E-state index in [4.69, 9.17) is 9.47 Å². The number of rotatable bonds is 11. The number of amides is 2. The Kier molecular flexibility index (Phi) is 8.76. The van der Waals surface area contributed by atoms with Crippen LogP contribution in [0.3, 0.4) is 0 Å². The maximum atomic E-state index is 12.9. The first-order chi connectivity index (χ1) is 18.4. The highest BCUT2D eigenvalue weighted by Gasteiger charge is 2.32. The van der Waals surface area contributed by atoms with E-state index in [0.29, 0.717) is 0 Å². The zero-order valence-corrected chi connectivity index (χ0v) is 21.4. The van der Waals surface area contributed by atoms with E-state index >= 15 is 0 Å². The van der Waals surface area contributed by atoms with Crippen molar-refractivity contribution in [3.8, 4) is 11.1 Å². The second kappa shape index (κ2) is 12.4. The van der Waals surface area contributed by atoms with Crippen LogP contribution in [0.4, 0.5) is 4.79 Å². The molecule has 8 heteroatoms. The van der Waals surface area contributed by atoms with Gasteiger partial charge in [0.2, 0.25) is 5.91 Å². The van der Waals surface area contributed by atoms with Gasteiger partial charge in [-0.15, -0.1) is 0 Å². The fourth-order valence-corrected chi connectivity index (χ4v) is 4.67. The lowest BCUT2D eigenvalue weighted by Crippen LogP contribution is -2.55. The zero-order chi connectivity index (χ0) is 27.1. The molecular weight excluding hydrogens is 484 g/mol. The third-order valence-corrected chi connectivity index (χ3v) is 6.75. The Morgan fingerprint density at radius 3 is 2.03 bits per heavy atom. The molecule has 3 aromatic carbocycles. The van der Waals surface area contributed by atoms with Crippen LogP contribution >= 0.6 is 0 Å². The van der Waals surface area contributed by atoms with Crippen LogP contribution in [0.5, 0.6) is 0 Å². The molecule has 1 aliphatic carbocycles. The maximum absolute atomic E-state index is 12.9. The third-order valence-electron chi connectivity index (χ3n) is 6.75. The highest BCUT2D eigenvalue weighted by molar-refractivity contribution is 5.89. The molecule has 0 spiro atoms. The quantitative estimate of drug-likeness (QED) is 0.346. The summed E-state index contributed by atoms with van der Waals surface area (Å²) < 4.78 is 11.2. The van der Waals surface area contributed by atoms with Crippen molar-refractivity contribution >= 4 is 18.0 Å². The predicted octanol–water partition coefficient (Wildman–Crippen LogP) is 4.48. The van der Waals surface area contributed by atoms with Gasteiger partial charge in [-0.2, -0.15) is 0 Å². The fraction of sp³-hybridized carbons (Fsp3) is 0.300. The first kappa shape index (κ1) is 26.9. The Morgan fingerprint density at radius 2 is 1.45 bits per heavy atom. The number of fused-ring (bicyclic) bond motifs is 3. The molecule has 8 nitrogen and oxygen atoms in total. The standard InChI is InChI=1S/C30H32N2O6/c1-3-26(28(33)32-27(29(34)35)19(2)37-17-20-11-5-4-6-12-20)31-30(36)38-18-25-23-15-9-7-13-21(23)22-14-8-10-16-24(22)25/h4-16,19,25-27H,3,17-18H2,1-2H3,(H,31,36)(H,32,33)(H,34,35)/t19?,26-,27?/m0/s1.